The molecule has 0 aliphatic carbocycles. The monoisotopic (exact) mass is 174 g/mol. The molecule has 0 aromatic rings. The van der Waals surface area contributed by atoms with Gasteiger partial charge in [-0.25, -0.2) is 0 Å². The Morgan fingerprint density at radius 3 is 2.33 bits per heavy atom. The smallest absolute Gasteiger partial charge is 0.323 e. The van der Waals surface area contributed by atoms with Crippen molar-refractivity contribution in [3.63, 3.8) is 0 Å². The number of amides is 1. The van der Waals surface area contributed by atoms with Crippen LogP contribution < -0.4 is 11.1 Å². The van der Waals surface area contributed by atoms with Crippen LogP contribution in [-0.2, 0) is 9.59 Å². The lowest BCUT2D eigenvalue weighted by molar-refractivity contribution is -0.143. The molecule has 0 bridgehead atoms. The van der Waals surface area contributed by atoms with Gasteiger partial charge in [0.1, 0.15) is 5.54 Å². The van der Waals surface area contributed by atoms with Crippen molar-refractivity contribution in [2.75, 3.05) is 6.54 Å². The molecule has 1 amide bonds. The maximum Gasteiger partial charge on any atom is 0.323 e. The number of aliphatic carboxylic acids is 1. The van der Waals surface area contributed by atoms with E-state index in [9.17, 15) is 9.59 Å². The van der Waals surface area contributed by atoms with Crippen molar-refractivity contribution in [3.8, 4) is 0 Å². The standard InChI is InChI=1S/C7H14N2O3/c1-7(2,6(11)12)9-4-3-5(8)10/h9H,3-4H2,1-2H3,(H2,8,10)(H,11,12). The Balaban J connectivity index is 3.76. The van der Waals surface area contributed by atoms with E-state index in [1.807, 2.05) is 0 Å². The third-order valence-electron chi connectivity index (χ3n) is 1.47. The minimum absolute atomic E-state index is 0.150. The molecule has 5 heteroatoms. The predicted molar refractivity (Wildman–Crippen MR) is 43.5 cm³/mol. The minimum Gasteiger partial charge on any atom is -0.480 e. The summed E-state index contributed by atoms with van der Waals surface area (Å²) in [4.78, 5) is 20.8. The molecule has 0 saturated heterocycles. The van der Waals surface area contributed by atoms with Crippen molar-refractivity contribution in [1.29, 1.82) is 0 Å². The van der Waals surface area contributed by atoms with Gasteiger partial charge in [-0.3, -0.25) is 9.59 Å². The van der Waals surface area contributed by atoms with Crippen molar-refractivity contribution in [3.05, 3.63) is 0 Å². The molecule has 0 aromatic heterocycles. The SMILES string of the molecule is CC(C)(NCCC(N)=O)C(=O)O. The molecule has 4 N–H and O–H groups in total. The zero-order valence-electron chi connectivity index (χ0n) is 7.26. The van der Waals surface area contributed by atoms with Gasteiger partial charge in [-0.05, 0) is 13.8 Å². The number of carboxylic acid groups (broad SMARTS) is 1. The van der Waals surface area contributed by atoms with Crippen LogP contribution in [-0.4, -0.2) is 29.1 Å². The van der Waals surface area contributed by atoms with E-state index < -0.39 is 17.4 Å². The third-order valence-corrected chi connectivity index (χ3v) is 1.47. The second kappa shape index (κ2) is 4.06. The summed E-state index contributed by atoms with van der Waals surface area (Å²) in [5.74, 6) is -1.39. The van der Waals surface area contributed by atoms with Crippen LogP contribution in [0.25, 0.3) is 0 Å². The zero-order chi connectivity index (χ0) is 9.78. The van der Waals surface area contributed by atoms with E-state index >= 15 is 0 Å². The normalized spacial score (nSPS) is 11.2. The highest BCUT2D eigenvalue weighted by atomic mass is 16.4. The van der Waals surface area contributed by atoms with E-state index in [-0.39, 0.29) is 13.0 Å². The summed E-state index contributed by atoms with van der Waals surface area (Å²) in [5, 5.41) is 11.3. The average molecular weight is 174 g/mol. The summed E-state index contributed by atoms with van der Waals surface area (Å²) >= 11 is 0. The van der Waals surface area contributed by atoms with Crippen molar-refractivity contribution in [2.45, 2.75) is 25.8 Å². The van der Waals surface area contributed by atoms with Gasteiger partial charge in [-0.2, -0.15) is 0 Å². The first-order valence-electron chi connectivity index (χ1n) is 3.63. The lowest BCUT2D eigenvalue weighted by atomic mass is 10.1. The quantitative estimate of drug-likeness (QED) is 0.514. The molecule has 0 fully saturated rings. The molecule has 0 aliphatic rings. The highest BCUT2D eigenvalue weighted by molar-refractivity contribution is 5.78. The fraction of sp³-hybridized carbons (Fsp3) is 0.714. The van der Waals surface area contributed by atoms with Crippen LogP contribution in [0.4, 0.5) is 0 Å². The van der Waals surface area contributed by atoms with Crippen LogP contribution in [0.15, 0.2) is 0 Å². The molecule has 0 unspecified atom stereocenters. The van der Waals surface area contributed by atoms with Crippen molar-refractivity contribution < 1.29 is 14.7 Å². The van der Waals surface area contributed by atoms with E-state index in [1.54, 1.807) is 0 Å². The second-order valence-electron chi connectivity index (χ2n) is 3.07. The van der Waals surface area contributed by atoms with Crippen LogP contribution in [0.5, 0.6) is 0 Å². The largest absolute Gasteiger partial charge is 0.480 e. The van der Waals surface area contributed by atoms with Gasteiger partial charge in [-0.15, -0.1) is 0 Å². The lowest BCUT2D eigenvalue weighted by Crippen LogP contribution is -2.47. The van der Waals surface area contributed by atoms with E-state index in [2.05, 4.69) is 5.32 Å². The van der Waals surface area contributed by atoms with Crippen LogP contribution in [0.3, 0.4) is 0 Å². The van der Waals surface area contributed by atoms with Crippen LogP contribution in [0, 0.1) is 0 Å². The molecule has 0 saturated carbocycles. The fourth-order valence-corrected chi connectivity index (χ4v) is 0.574. The number of primary amides is 1. The summed E-state index contributed by atoms with van der Waals surface area (Å²) in [6.45, 7) is 3.33. The first-order valence-corrected chi connectivity index (χ1v) is 3.63. The van der Waals surface area contributed by atoms with Crippen molar-refractivity contribution in [2.24, 2.45) is 5.73 Å². The second-order valence-corrected chi connectivity index (χ2v) is 3.07. The molecule has 0 atom stereocenters. The average Bonchev–Trinajstić information content (AvgIpc) is 1.85. The summed E-state index contributed by atoms with van der Waals surface area (Å²) < 4.78 is 0. The topological polar surface area (TPSA) is 92.4 Å². The molecular formula is C7H14N2O3. The molecule has 0 aliphatic heterocycles. The first-order chi connectivity index (χ1) is 5.36. The highest BCUT2D eigenvalue weighted by Gasteiger charge is 2.25. The Morgan fingerprint density at radius 1 is 1.50 bits per heavy atom. The highest BCUT2D eigenvalue weighted by Crippen LogP contribution is 2.00. The summed E-state index contributed by atoms with van der Waals surface area (Å²) in [5.41, 5.74) is 3.87. The summed E-state index contributed by atoms with van der Waals surface area (Å²) in [6.07, 6.45) is 0.150. The van der Waals surface area contributed by atoms with Gasteiger partial charge >= 0.3 is 5.97 Å². The molecule has 0 heterocycles. The molecular weight excluding hydrogens is 160 g/mol. The lowest BCUT2D eigenvalue weighted by Gasteiger charge is -2.20. The van der Waals surface area contributed by atoms with E-state index in [1.165, 1.54) is 13.8 Å². The molecule has 0 radical (unpaired) electrons. The number of carbonyl (C=O) groups is 2. The van der Waals surface area contributed by atoms with Gasteiger partial charge in [0.2, 0.25) is 5.91 Å². The molecule has 12 heavy (non-hydrogen) atoms. The summed E-state index contributed by atoms with van der Waals surface area (Å²) in [6, 6.07) is 0. The number of carbonyl (C=O) groups excluding carboxylic acids is 1. The zero-order valence-corrected chi connectivity index (χ0v) is 7.26. The van der Waals surface area contributed by atoms with Gasteiger partial charge in [0.15, 0.2) is 0 Å². The Kier molecular flexibility index (Phi) is 3.69. The van der Waals surface area contributed by atoms with E-state index in [4.69, 9.17) is 10.8 Å². The van der Waals surface area contributed by atoms with Gasteiger partial charge in [0.25, 0.3) is 0 Å². The number of carboxylic acids is 1. The van der Waals surface area contributed by atoms with Crippen LogP contribution >= 0.6 is 0 Å². The fourth-order valence-electron chi connectivity index (χ4n) is 0.574. The van der Waals surface area contributed by atoms with Crippen LogP contribution in [0.2, 0.25) is 0 Å². The number of rotatable bonds is 5. The van der Waals surface area contributed by atoms with E-state index in [0.717, 1.165) is 0 Å². The van der Waals surface area contributed by atoms with Gasteiger partial charge in [-0.1, -0.05) is 0 Å². The molecule has 0 spiro atoms. The Hall–Kier alpha value is -1.10. The summed E-state index contributed by atoms with van der Waals surface area (Å²) in [7, 11) is 0. The van der Waals surface area contributed by atoms with Crippen molar-refractivity contribution >= 4 is 11.9 Å². The Labute approximate surface area is 70.9 Å². The molecule has 0 aromatic carbocycles. The van der Waals surface area contributed by atoms with Gasteiger partial charge < -0.3 is 16.2 Å². The number of nitrogens with two attached hydrogens (primary N) is 1. The van der Waals surface area contributed by atoms with Crippen LogP contribution in [0.1, 0.15) is 20.3 Å². The maximum absolute atomic E-state index is 10.5. The Morgan fingerprint density at radius 2 is 2.00 bits per heavy atom. The molecule has 0 rings (SSSR count). The first kappa shape index (κ1) is 10.9. The van der Waals surface area contributed by atoms with Gasteiger partial charge in [0.05, 0.1) is 0 Å². The molecule has 70 valence electrons. The number of hydrogen-bond acceptors (Lipinski definition) is 3. The minimum atomic E-state index is -1.00. The predicted octanol–water partition coefficient (Wildman–Crippen LogP) is -0.685. The maximum atomic E-state index is 10.5. The van der Waals surface area contributed by atoms with Crippen molar-refractivity contribution in [1.82, 2.24) is 5.32 Å². The number of hydrogen-bond donors (Lipinski definition) is 3. The number of nitrogens with one attached hydrogen (secondary N) is 1. The van der Waals surface area contributed by atoms with E-state index in [0.29, 0.717) is 0 Å². The van der Waals surface area contributed by atoms with Gasteiger partial charge in [0, 0.05) is 13.0 Å². The molecule has 5 nitrogen and oxygen atoms in total. The Bertz CT molecular complexity index is 189. The third kappa shape index (κ3) is 3.92.